The molecule has 1 aliphatic carbocycles. The molecule has 0 aromatic heterocycles. The summed E-state index contributed by atoms with van der Waals surface area (Å²) < 4.78 is 0. The van der Waals surface area contributed by atoms with Crippen molar-refractivity contribution in [3.63, 3.8) is 0 Å². The molecule has 25 heavy (non-hydrogen) atoms. The molecule has 1 aliphatic heterocycles. The van der Waals surface area contributed by atoms with Crippen LogP contribution in [-0.2, 0) is 4.79 Å². The van der Waals surface area contributed by atoms with E-state index in [2.05, 4.69) is 36.3 Å². The van der Waals surface area contributed by atoms with Gasteiger partial charge in [0.1, 0.15) is 0 Å². The molecule has 2 aliphatic rings. The van der Waals surface area contributed by atoms with E-state index >= 15 is 0 Å². The third-order valence-corrected chi connectivity index (χ3v) is 5.21. The Kier molecular flexibility index (Phi) is 10.1. The average molecular weight is 464 g/mol. The number of amides is 1. The molecule has 2 rings (SSSR count). The van der Waals surface area contributed by atoms with Gasteiger partial charge >= 0.3 is 0 Å². The molecule has 1 saturated carbocycles. The minimum absolute atomic E-state index is 0. The molecule has 0 bridgehead atoms. The van der Waals surface area contributed by atoms with E-state index < -0.39 is 0 Å². The van der Waals surface area contributed by atoms with Gasteiger partial charge in [0.25, 0.3) is 0 Å². The Hall–Kier alpha value is -0.530. The highest BCUT2D eigenvalue weighted by molar-refractivity contribution is 14.0. The Balaban J connectivity index is 0.00000312. The molecule has 2 N–H and O–H groups in total. The second-order valence-corrected chi connectivity index (χ2v) is 8.13. The second kappa shape index (κ2) is 11.2. The molecule has 0 spiro atoms. The second-order valence-electron chi connectivity index (χ2n) is 8.13. The summed E-state index contributed by atoms with van der Waals surface area (Å²) in [5, 5.41) is 6.42. The number of rotatable bonds is 6. The smallest absolute Gasteiger partial charge is 0.220 e. The highest BCUT2D eigenvalue weighted by atomic mass is 127. The van der Waals surface area contributed by atoms with Crippen LogP contribution in [0.15, 0.2) is 4.99 Å². The van der Waals surface area contributed by atoms with Crippen LogP contribution >= 0.6 is 24.0 Å². The number of halogens is 1. The Morgan fingerprint density at radius 3 is 2.52 bits per heavy atom. The topological polar surface area (TPSA) is 56.7 Å². The third-order valence-electron chi connectivity index (χ3n) is 5.21. The molecule has 1 saturated heterocycles. The fraction of sp³-hybridized carbons (Fsp3) is 0.895. The lowest BCUT2D eigenvalue weighted by atomic mass is 9.87. The number of hydrogen-bond donors (Lipinski definition) is 2. The first-order valence-corrected chi connectivity index (χ1v) is 9.80. The van der Waals surface area contributed by atoms with Crippen LogP contribution < -0.4 is 10.6 Å². The number of guanidine groups is 1. The molecule has 0 unspecified atom stereocenters. The molecule has 146 valence electrons. The lowest BCUT2D eigenvalue weighted by Gasteiger charge is -2.23. The van der Waals surface area contributed by atoms with Crippen molar-refractivity contribution < 1.29 is 4.79 Å². The highest BCUT2D eigenvalue weighted by Gasteiger charge is 2.30. The zero-order valence-electron chi connectivity index (χ0n) is 16.3. The van der Waals surface area contributed by atoms with E-state index in [1.165, 1.54) is 38.5 Å². The van der Waals surface area contributed by atoms with Crippen LogP contribution in [0.25, 0.3) is 0 Å². The highest BCUT2D eigenvalue weighted by Crippen LogP contribution is 2.28. The van der Waals surface area contributed by atoms with Crippen LogP contribution in [0, 0.1) is 11.3 Å². The van der Waals surface area contributed by atoms with Crippen LogP contribution in [0.1, 0.15) is 65.7 Å². The van der Waals surface area contributed by atoms with E-state index in [-0.39, 0.29) is 29.9 Å². The van der Waals surface area contributed by atoms with E-state index in [0.717, 1.165) is 25.6 Å². The summed E-state index contributed by atoms with van der Waals surface area (Å²) >= 11 is 0. The van der Waals surface area contributed by atoms with Crippen LogP contribution in [0.3, 0.4) is 0 Å². The predicted octanol–water partition coefficient (Wildman–Crippen LogP) is 3.39. The summed E-state index contributed by atoms with van der Waals surface area (Å²) in [7, 11) is 0. The van der Waals surface area contributed by atoms with E-state index in [4.69, 9.17) is 4.99 Å². The van der Waals surface area contributed by atoms with E-state index in [9.17, 15) is 4.79 Å². The number of aliphatic imine (C=N–C) groups is 1. The number of likely N-dealkylation sites (tertiary alicyclic amines) is 1. The van der Waals surface area contributed by atoms with E-state index in [0.29, 0.717) is 30.8 Å². The van der Waals surface area contributed by atoms with Crippen molar-refractivity contribution in [3.8, 4) is 0 Å². The summed E-state index contributed by atoms with van der Waals surface area (Å²) in [5.41, 5.74) is 0.365. The van der Waals surface area contributed by atoms with Crippen molar-refractivity contribution in [2.45, 2.75) is 65.7 Å². The standard InChI is InChI=1S/C19H36N4O.HI/c1-4-20-18(23-13-10-19(2,3)15-23)22-12-11-21-17(24)14-16-8-6-5-7-9-16;/h16H,4-15H2,1-3H3,(H,20,22)(H,21,24);1H. The average Bonchev–Trinajstić information content (AvgIpc) is 2.91. The number of nitrogens with one attached hydrogen (secondary N) is 2. The first-order valence-electron chi connectivity index (χ1n) is 9.80. The maximum Gasteiger partial charge on any atom is 0.220 e. The van der Waals surface area contributed by atoms with Crippen molar-refractivity contribution in [2.24, 2.45) is 16.3 Å². The monoisotopic (exact) mass is 464 g/mol. The van der Waals surface area contributed by atoms with Crippen molar-refractivity contribution in [3.05, 3.63) is 0 Å². The number of carbonyl (C=O) groups excluding carboxylic acids is 1. The summed E-state index contributed by atoms with van der Waals surface area (Å²) in [6.45, 7) is 11.0. The number of carbonyl (C=O) groups is 1. The molecule has 0 aromatic carbocycles. The first kappa shape index (κ1) is 22.5. The maximum absolute atomic E-state index is 12.0. The Morgan fingerprint density at radius 2 is 1.92 bits per heavy atom. The van der Waals surface area contributed by atoms with Crippen LogP contribution in [0.5, 0.6) is 0 Å². The summed E-state index contributed by atoms with van der Waals surface area (Å²) in [4.78, 5) is 19.1. The van der Waals surface area contributed by atoms with E-state index in [1.807, 2.05) is 0 Å². The van der Waals surface area contributed by atoms with Crippen LogP contribution in [0.4, 0.5) is 0 Å². The molecule has 0 aromatic rings. The SMILES string of the molecule is CCNC(=NCCNC(=O)CC1CCCCC1)N1CCC(C)(C)C1.I. The number of hydrogen-bond acceptors (Lipinski definition) is 2. The van der Waals surface area contributed by atoms with Gasteiger partial charge in [0, 0.05) is 32.6 Å². The number of nitrogens with zero attached hydrogens (tertiary/aromatic N) is 2. The van der Waals surface area contributed by atoms with Gasteiger partial charge in [-0.25, -0.2) is 0 Å². The van der Waals surface area contributed by atoms with Crippen molar-refractivity contribution >= 4 is 35.8 Å². The molecular weight excluding hydrogens is 427 g/mol. The summed E-state index contributed by atoms with van der Waals surface area (Å²) in [6, 6.07) is 0. The Morgan fingerprint density at radius 1 is 1.20 bits per heavy atom. The minimum Gasteiger partial charge on any atom is -0.357 e. The van der Waals surface area contributed by atoms with Crippen molar-refractivity contribution in [1.29, 1.82) is 0 Å². The molecule has 2 fully saturated rings. The maximum atomic E-state index is 12.0. The first-order chi connectivity index (χ1) is 11.5. The molecule has 1 heterocycles. The lowest BCUT2D eigenvalue weighted by Crippen LogP contribution is -2.41. The van der Waals surface area contributed by atoms with E-state index in [1.54, 1.807) is 0 Å². The van der Waals surface area contributed by atoms with Crippen LogP contribution in [0.2, 0.25) is 0 Å². The summed E-state index contributed by atoms with van der Waals surface area (Å²) in [6.07, 6.45) is 8.27. The lowest BCUT2D eigenvalue weighted by molar-refractivity contribution is -0.122. The molecule has 0 radical (unpaired) electrons. The minimum atomic E-state index is 0. The van der Waals surface area contributed by atoms with Gasteiger partial charge in [-0.3, -0.25) is 9.79 Å². The largest absolute Gasteiger partial charge is 0.357 e. The zero-order chi connectivity index (χ0) is 17.4. The normalized spacial score (nSPS) is 20.9. The molecule has 0 atom stereocenters. The zero-order valence-corrected chi connectivity index (χ0v) is 18.6. The van der Waals surface area contributed by atoms with Gasteiger partial charge in [0.2, 0.25) is 5.91 Å². The molecule has 5 nitrogen and oxygen atoms in total. The van der Waals surface area contributed by atoms with Gasteiger partial charge in [0.05, 0.1) is 6.54 Å². The van der Waals surface area contributed by atoms with Gasteiger partial charge in [-0.15, -0.1) is 24.0 Å². The Bertz CT molecular complexity index is 433. The van der Waals surface area contributed by atoms with Gasteiger partial charge in [-0.2, -0.15) is 0 Å². The predicted molar refractivity (Wildman–Crippen MR) is 116 cm³/mol. The molecule has 6 heteroatoms. The summed E-state index contributed by atoms with van der Waals surface area (Å²) in [5.74, 6) is 1.79. The van der Waals surface area contributed by atoms with Crippen LogP contribution in [-0.4, -0.2) is 49.5 Å². The van der Waals surface area contributed by atoms with Gasteiger partial charge in [-0.1, -0.05) is 33.1 Å². The van der Waals surface area contributed by atoms with Gasteiger partial charge in [0.15, 0.2) is 5.96 Å². The van der Waals surface area contributed by atoms with Crippen molar-refractivity contribution in [1.82, 2.24) is 15.5 Å². The van der Waals surface area contributed by atoms with Crippen molar-refractivity contribution in [2.75, 3.05) is 32.7 Å². The Labute approximate surface area is 170 Å². The van der Waals surface area contributed by atoms with Gasteiger partial charge < -0.3 is 15.5 Å². The fourth-order valence-corrected chi connectivity index (χ4v) is 3.80. The quantitative estimate of drug-likeness (QED) is 0.274. The third kappa shape index (κ3) is 8.13. The fourth-order valence-electron chi connectivity index (χ4n) is 3.80. The van der Waals surface area contributed by atoms with Gasteiger partial charge in [-0.05, 0) is 37.5 Å². The molecule has 1 amide bonds. The molecular formula is C19H37IN4O.